The molecule has 1 heterocycles. The van der Waals surface area contributed by atoms with Gasteiger partial charge in [-0.2, -0.15) is 0 Å². The van der Waals surface area contributed by atoms with Gasteiger partial charge in [-0.3, -0.25) is 4.98 Å². The number of nitrogens with zero attached hydrogens (tertiary/aromatic N) is 1. The van der Waals surface area contributed by atoms with Crippen molar-refractivity contribution in [3.63, 3.8) is 0 Å². The molecule has 4 heteroatoms. The van der Waals surface area contributed by atoms with E-state index in [0.717, 1.165) is 47.2 Å². The number of hydrogen-bond acceptors (Lipinski definition) is 2. The van der Waals surface area contributed by atoms with Crippen molar-refractivity contribution in [3.8, 4) is 5.75 Å². The number of rotatable bonds is 9. The molecule has 3 aromatic carbocycles. The smallest absolute Gasteiger partial charge is 0.138 e. The van der Waals surface area contributed by atoms with Crippen molar-refractivity contribution >= 4 is 22.4 Å². The largest absolute Gasteiger partial charge is 0.488 e. The van der Waals surface area contributed by atoms with E-state index >= 15 is 4.39 Å². The van der Waals surface area contributed by atoms with Gasteiger partial charge >= 0.3 is 0 Å². The number of fused-ring (bicyclic) bond motifs is 1. The van der Waals surface area contributed by atoms with Crippen LogP contribution in [0.2, 0.25) is 5.02 Å². The van der Waals surface area contributed by atoms with Gasteiger partial charge in [0.1, 0.15) is 18.2 Å². The fraction of sp³-hybridized carbons (Fsp3) is 0.179. The van der Waals surface area contributed by atoms with E-state index in [1.807, 2.05) is 60.7 Å². The first-order valence-corrected chi connectivity index (χ1v) is 11.1. The Bertz CT molecular complexity index is 1200. The molecule has 0 N–H and O–H groups in total. The summed E-state index contributed by atoms with van der Waals surface area (Å²) in [4.78, 5) is 4.46. The second-order valence-electron chi connectivity index (χ2n) is 7.81. The summed E-state index contributed by atoms with van der Waals surface area (Å²) in [5.74, 6) is 0.612. The first-order chi connectivity index (χ1) is 15.6. The Labute approximate surface area is 193 Å². The number of benzene rings is 3. The summed E-state index contributed by atoms with van der Waals surface area (Å²) in [7, 11) is 0. The van der Waals surface area contributed by atoms with Crippen LogP contribution < -0.4 is 4.74 Å². The van der Waals surface area contributed by atoms with Crippen LogP contribution in [0.5, 0.6) is 5.75 Å². The maximum absolute atomic E-state index is 15.1. The number of hydrogen-bond donors (Lipinski definition) is 0. The van der Waals surface area contributed by atoms with Crippen LogP contribution in [0.1, 0.15) is 22.4 Å². The van der Waals surface area contributed by atoms with Crippen molar-refractivity contribution in [3.05, 3.63) is 119 Å². The fourth-order valence-corrected chi connectivity index (χ4v) is 3.86. The van der Waals surface area contributed by atoms with Crippen molar-refractivity contribution < 1.29 is 9.13 Å². The summed E-state index contributed by atoms with van der Waals surface area (Å²) >= 11 is 5.94. The first-order valence-electron chi connectivity index (χ1n) is 10.8. The van der Waals surface area contributed by atoms with Gasteiger partial charge in [-0.15, -0.1) is 0 Å². The summed E-state index contributed by atoms with van der Waals surface area (Å²) in [5.41, 5.74) is 4.06. The quantitative estimate of drug-likeness (QED) is 0.255. The molecular formula is C28H25ClFNO. The lowest BCUT2D eigenvalue weighted by Crippen LogP contribution is -1.98. The van der Waals surface area contributed by atoms with Gasteiger partial charge in [-0.1, -0.05) is 66.7 Å². The third-order valence-electron chi connectivity index (χ3n) is 5.53. The third kappa shape index (κ3) is 5.54. The molecule has 4 rings (SSSR count). The molecule has 0 fully saturated rings. The molecule has 0 bridgehead atoms. The molecule has 0 saturated heterocycles. The maximum Gasteiger partial charge on any atom is 0.138 e. The Morgan fingerprint density at radius 2 is 1.66 bits per heavy atom. The Hall–Kier alpha value is -3.17. The van der Waals surface area contributed by atoms with Crippen LogP contribution >= 0.6 is 11.6 Å². The van der Waals surface area contributed by atoms with E-state index in [9.17, 15) is 0 Å². The third-order valence-corrected chi connectivity index (χ3v) is 5.78. The zero-order valence-corrected chi connectivity index (χ0v) is 18.6. The van der Waals surface area contributed by atoms with E-state index < -0.39 is 0 Å². The summed E-state index contributed by atoms with van der Waals surface area (Å²) in [6, 6.07) is 21.5. The fourth-order valence-electron chi connectivity index (χ4n) is 3.74. The van der Waals surface area contributed by atoms with Crippen molar-refractivity contribution in [1.82, 2.24) is 4.98 Å². The van der Waals surface area contributed by atoms with Crippen LogP contribution in [0.15, 0.2) is 85.6 Å². The van der Waals surface area contributed by atoms with E-state index in [4.69, 9.17) is 16.3 Å². The van der Waals surface area contributed by atoms with Gasteiger partial charge in [0.05, 0.1) is 6.20 Å². The van der Waals surface area contributed by atoms with Gasteiger partial charge < -0.3 is 4.74 Å². The van der Waals surface area contributed by atoms with Crippen LogP contribution in [0.4, 0.5) is 4.39 Å². The Balaban J connectivity index is 1.41. The Morgan fingerprint density at radius 3 is 2.41 bits per heavy atom. The molecule has 0 spiro atoms. The van der Waals surface area contributed by atoms with Gasteiger partial charge in [0.15, 0.2) is 0 Å². The average molecular weight is 446 g/mol. The number of ether oxygens (including phenoxy) is 1. The highest BCUT2D eigenvalue weighted by Gasteiger charge is 2.09. The predicted octanol–water partition coefficient (Wildman–Crippen LogP) is 7.16. The van der Waals surface area contributed by atoms with Gasteiger partial charge in [-0.05, 0) is 72.0 Å². The number of halogens is 2. The summed E-state index contributed by atoms with van der Waals surface area (Å²) in [6.45, 7) is 4.11. The monoisotopic (exact) mass is 445 g/mol. The Morgan fingerprint density at radius 1 is 0.875 bits per heavy atom. The van der Waals surface area contributed by atoms with Crippen molar-refractivity contribution in [2.75, 3.05) is 6.61 Å². The molecule has 0 atom stereocenters. The van der Waals surface area contributed by atoms with Crippen molar-refractivity contribution in [2.24, 2.45) is 0 Å². The van der Waals surface area contributed by atoms with E-state index in [-0.39, 0.29) is 5.82 Å². The minimum absolute atomic E-state index is 0.125. The molecule has 162 valence electrons. The molecule has 0 radical (unpaired) electrons. The first kappa shape index (κ1) is 22.0. The lowest BCUT2D eigenvalue weighted by Gasteiger charge is -2.09. The molecule has 2 nitrogen and oxygen atoms in total. The zero-order chi connectivity index (χ0) is 22.3. The average Bonchev–Trinajstić information content (AvgIpc) is 2.82. The van der Waals surface area contributed by atoms with Crippen molar-refractivity contribution in [1.29, 1.82) is 0 Å². The van der Waals surface area contributed by atoms with E-state index in [0.29, 0.717) is 23.4 Å². The van der Waals surface area contributed by atoms with Gasteiger partial charge in [0, 0.05) is 16.1 Å². The van der Waals surface area contributed by atoms with Crippen LogP contribution in [-0.2, 0) is 25.7 Å². The van der Waals surface area contributed by atoms with Crippen LogP contribution in [-0.4, -0.2) is 11.6 Å². The second-order valence-corrected chi connectivity index (χ2v) is 8.24. The van der Waals surface area contributed by atoms with Gasteiger partial charge in [0.2, 0.25) is 0 Å². The van der Waals surface area contributed by atoms with Crippen molar-refractivity contribution in [2.45, 2.75) is 25.7 Å². The lowest BCUT2D eigenvalue weighted by molar-refractivity contribution is 0.361. The van der Waals surface area contributed by atoms with Crippen LogP contribution in [0.25, 0.3) is 10.8 Å². The summed E-state index contributed by atoms with van der Waals surface area (Å²) < 4.78 is 20.6. The van der Waals surface area contributed by atoms with Gasteiger partial charge in [-0.25, -0.2) is 4.39 Å². The normalized spacial score (nSPS) is 10.9. The van der Waals surface area contributed by atoms with E-state index in [1.165, 1.54) is 5.56 Å². The molecule has 0 unspecified atom stereocenters. The summed E-state index contributed by atoms with van der Waals surface area (Å²) in [5, 5.41) is 2.31. The molecule has 4 aromatic rings. The maximum atomic E-state index is 15.1. The summed E-state index contributed by atoms with van der Waals surface area (Å²) in [6.07, 6.45) is 6.54. The minimum Gasteiger partial charge on any atom is -0.488 e. The number of aromatic nitrogens is 1. The molecule has 0 aliphatic rings. The highest BCUT2D eigenvalue weighted by Crippen LogP contribution is 2.24. The Kier molecular flexibility index (Phi) is 7.18. The van der Waals surface area contributed by atoms with Crippen LogP contribution in [0.3, 0.4) is 0 Å². The molecule has 0 aliphatic heterocycles. The molecule has 0 saturated carbocycles. The standard InChI is InChI=1S/C28H25ClFNO/c1-2-17-32-26-15-14-25(31-19-26)13-6-21-7-16-27-23(18-21)10-9-22(28(27)30)8-3-20-4-11-24(29)12-5-20/h2,4-5,7,9-12,14-16,18-19H,1,3,6,8,13,17H2. The molecule has 0 amide bonds. The number of pyridine rings is 1. The number of aryl methyl sites for hydroxylation is 4. The van der Waals surface area contributed by atoms with Crippen LogP contribution in [0, 0.1) is 5.82 Å². The second kappa shape index (κ2) is 10.4. The van der Waals surface area contributed by atoms with E-state index in [1.54, 1.807) is 12.3 Å². The highest BCUT2D eigenvalue weighted by atomic mass is 35.5. The highest BCUT2D eigenvalue weighted by molar-refractivity contribution is 6.30. The predicted molar refractivity (Wildman–Crippen MR) is 130 cm³/mol. The molecule has 32 heavy (non-hydrogen) atoms. The molecule has 1 aromatic heterocycles. The zero-order valence-electron chi connectivity index (χ0n) is 17.9. The lowest BCUT2D eigenvalue weighted by atomic mass is 9.98. The minimum atomic E-state index is -0.125. The molecule has 0 aliphatic carbocycles. The topological polar surface area (TPSA) is 22.1 Å². The molecular weight excluding hydrogens is 421 g/mol. The SMILES string of the molecule is C=CCOc1ccc(CCc2ccc3c(F)c(CCc4ccc(Cl)cc4)ccc3c2)nc1. The van der Waals surface area contributed by atoms with Gasteiger partial charge in [0.25, 0.3) is 0 Å². The van der Waals surface area contributed by atoms with E-state index in [2.05, 4.69) is 17.6 Å².